The van der Waals surface area contributed by atoms with Gasteiger partial charge in [-0.15, -0.1) is 0 Å². The summed E-state index contributed by atoms with van der Waals surface area (Å²) >= 11 is 6.05. The predicted molar refractivity (Wildman–Crippen MR) is 73.3 cm³/mol. The summed E-state index contributed by atoms with van der Waals surface area (Å²) in [7, 11) is 0. The van der Waals surface area contributed by atoms with Gasteiger partial charge in [0.05, 0.1) is 0 Å². The Morgan fingerprint density at radius 3 is 2.89 bits per heavy atom. The third-order valence-corrected chi connectivity index (χ3v) is 4.12. The fourth-order valence-electron chi connectivity index (χ4n) is 3.10. The third-order valence-electron chi connectivity index (χ3n) is 3.89. The fraction of sp³-hybridized carbons (Fsp3) is 0.400. The zero-order chi connectivity index (χ0) is 12.7. The van der Waals surface area contributed by atoms with Crippen LogP contribution in [0.25, 0.3) is 5.57 Å². The highest BCUT2D eigenvalue weighted by Gasteiger charge is 2.27. The Balaban J connectivity index is 2.11. The normalized spacial score (nSPS) is 18.4. The molecule has 3 rings (SSSR count). The minimum absolute atomic E-state index is 0.166. The quantitative estimate of drug-likeness (QED) is 0.698. The molecule has 1 aromatic rings. The van der Waals surface area contributed by atoms with Crippen LogP contribution in [-0.2, 0) is 11.2 Å². The standard InChI is InChI=1S/C15H16ClNO/c1-10(18)17-8-2-3-14-13-6-5-12(16)9-11(13)4-7-15(14)17/h5-6,9H,2-4,7-8H2,1H3. The SMILES string of the molecule is CC(=O)N1CCCC2=C1CCc1cc(Cl)ccc12. The summed E-state index contributed by atoms with van der Waals surface area (Å²) < 4.78 is 0. The first-order valence-electron chi connectivity index (χ1n) is 6.46. The number of rotatable bonds is 0. The number of halogens is 1. The second-order valence-corrected chi connectivity index (χ2v) is 5.44. The predicted octanol–water partition coefficient (Wildman–Crippen LogP) is 3.64. The first-order chi connectivity index (χ1) is 8.66. The molecule has 0 spiro atoms. The Hall–Kier alpha value is -1.28. The molecule has 18 heavy (non-hydrogen) atoms. The van der Waals surface area contributed by atoms with Gasteiger partial charge < -0.3 is 4.90 Å². The van der Waals surface area contributed by atoms with Gasteiger partial charge in [0, 0.05) is 24.2 Å². The number of carbonyl (C=O) groups excluding carboxylic acids is 1. The monoisotopic (exact) mass is 261 g/mol. The summed E-state index contributed by atoms with van der Waals surface area (Å²) in [5.74, 6) is 0.166. The summed E-state index contributed by atoms with van der Waals surface area (Å²) in [6, 6.07) is 6.12. The molecule has 1 aliphatic heterocycles. The Bertz CT molecular complexity index is 547. The largest absolute Gasteiger partial charge is 0.316 e. The van der Waals surface area contributed by atoms with E-state index < -0.39 is 0 Å². The molecule has 1 aliphatic carbocycles. The molecule has 0 saturated carbocycles. The van der Waals surface area contributed by atoms with Crippen LogP contribution < -0.4 is 0 Å². The summed E-state index contributed by atoms with van der Waals surface area (Å²) in [5.41, 5.74) is 5.22. The van der Waals surface area contributed by atoms with Crippen molar-refractivity contribution in [1.82, 2.24) is 4.90 Å². The van der Waals surface area contributed by atoms with E-state index in [0.29, 0.717) is 0 Å². The number of allylic oxidation sites excluding steroid dienone is 2. The number of fused-ring (bicyclic) bond motifs is 2. The van der Waals surface area contributed by atoms with E-state index in [-0.39, 0.29) is 5.91 Å². The van der Waals surface area contributed by atoms with Gasteiger partial charge in [-0.25, -0.2) is 0 Å². The zero-order valence-corrected chi connectivity index (χ0v) is 11.3. The van der Waals surface area contributed by atoms with E-state index in [1.807, 2.05) is 11.0 Å². The van der Waals surface area contributed by atoms with Crippen LogP contribution in [0.4, 0.5) is 0 Å². The molecule has 0 aromatic heterocycles. The minimum atomic E-state index is 0.166. The molecule has 0 unspecified atom stereocenters. The Labute approximate surface area is 112 Å². The molecular weight excluding hydrogens is 246 g/mol. The van der Waals surface area contributed by atoms with Gasteiger partial charge in [0.2, 0.25) is 5.91 Å². The molecular formula is C15H16ClNO. The van der Waals surface area contributed by atoms with E-state index in [1.54, 1.807) is 6.92 Å². The second-order valence-electron chi connectivity index (χ2n) is 5.00. The first kappa shape index (κ1) is 11.8. The van der Waals surface area contributed by atoms with Crippen LogP contribution >= 0.6 is 11.6 Å². The summed E-state index contributed by atoms with van der Waals surface area (Å²) in [6.07, 6.45) is 4.08. The lowest BCUT2D eigenvalue weighted by atomic mass is 9.84. The van der Waals surface area contributed by atoms with E-state index in [4.69, 9.17) is 11.6 Å². The molecule has 3 heteroatoms. The van der Waals surface area contributed by atoms with Crippen molar-refractivity contribution in [2.45, 2.75) is 32.6 Å². The Kier molecular flexibility index (Phi) is 2.90. The Morgan fingerprint density at radius 2 is 2.11 bits per heavy atom. The van der Waals surface area contributed by atoms with Gasteiger partial charge in [-0.2, -0.15) is 0 Å². The van der Waals surface area contributed by atoms with Crippen molar-refractivity contribution < 1.29 is 4.79 Å². The highest BCUT2D eigenvalue weighted by molar-refractivity contribution is 6.30. The van der Waals surface area contributed by atoms with Crippen molar-refractivity contribution in [3.8, 4) is 0 Å². The summed E-state index contributed by atoms with van der Waals surface area (Å²) in [4.78, 5) is 13.6. The molecule has 0 fully saturated rings. The highest BCUT2D eigenvalue weighted by Crippen LogP contribution is 2.39. The number of aryl methyl sites for hydroxylation is 1. The van der Waals surface area contributed by atoms with E-state index >= 15 is 0 Å². The zero-order valence-electron chi connectivity index (χ0n) is 10.5. The maximum absolute atomic E-state index is 11.7. The molecule has 1 amide bonds. The molecule has 0 saturated heterocycles. The van der Waals surface area contributed by atoms with Crippen LogP contribution in [0.15, 0.2) is 23.9 Å². The number of hydrogen-bond donors (Lipinski definition) is 0. The molecule has 0 N–H and O–H groups in total. The van der Waals surface area contributed by atoms with Crippen molar-refractivity contribution in [2.24, 2.45) is 0 Å². The van der Waals surface area contributed by atoms with Gasteiger partial charge in [0.1, 0.15) is 0 Å². The van der Waals surface area contributed by atoms with Gasteiger partial charge in [0.15, 0.2) is 0 Å². The topological polar surface area (TPSA) is 20.3 Å². The molecule has 94 valence electrons. The second kappa shape index (κ2) is 4.43. The van der Waals surface area contributed by atoms with Gasteiger partial charge in [-0.3, -0.25) is 4.79 Å². The average molecular weight is 262 g/mol. The summed E-state index contributed by atoms with van der Waals surface area (Å²) in [5, 5.41) is 0.803. The van der Waals surface area contributed by atoms with Crippen LogP contribution in [0.1, 0.15) is 37.3 Å². The van der Waals surface area contributed by atoms with Crippen LogP contribution in [0, 0.1) is 0 Å². The van der Waals surface area contributed by atoms with Crippen LogP contribution in [0.2, 0.25) is 5.02 Å². The highest BCUT2D eigenvalue weighted by atomic mass is 35.5. The van der Waals surface area contributed by atoms with E-state index in [0.717, 1.165) is 37.3 Å². The smallest absolute Gasteiger partial charge is 0.223 e. The van der Waals surface area contributed by atoms with E-state index in [2.05, 4.69) is 12.1 Å². The van der Waals surface area contributed by atoms with Crippen molar-refractivity contribution in [3.63, 3.8) is 0 Å². The maximum atomic E-state index is 11.7. The lowest BCUT2D eigenvalue weighted by molar-refractivity contribution is -0.127. The van der Waals surface area contributed by atoms with Crippen molar-refractivity contribution >= 4 is 23.1 Å². The number of nitrogens with zero attached hydrogens (tertiary/aromatic N) is 1. The minimum Gasteiger partial charge on any atom is -0.316 e. The van der Waals surface area contributed by atoms with Crippen LogP contribution in [-0.4, -0.2) is 17.4 Å². The maximum Gasteiger partial charge on any atom is 0.223 e. The summed E-state index contributed by atoms with van der Waals surface area (Å²) in [6.45, 7) is 2.53. The van der Waals surface area contributed by atoms with Gasteiger partial charge >= 0.3 is 0 Å². The molecule has 1 heterocycles. The number of amides is 1. The van der Waals surface area contributed by atoms with Crippen molar-refractivity contribution in [2.75, 3.05) is 6.54 Å². The molecule has 1 aromatic carbocycles. The molecule has 0 atom stereocenters. The first-order valence-corrected chi connectivity index (χ1v) is 6.83. The third kappa shape index (κ3) is 1.85. The number of benzene rings is 1. The van der Waals surface area contributed by atoms with E-state index in [1.165, 1.54) is 22.4 Å². The fourth-order valence-corrected chi connectivity index (χ4v) is 3.29. The Morgan fingerprint density at radius 1 is 1.28 bits per heavy atom. The number of carbonyl (C=O) groups is 1. The molecule has 2 aliphatic rings. The van der Waals surface area contributed by atoms with Crippen LogP contribution in [0.3, 0.4) is 0 Å². The van der Waals surface area contributed by atoms with Crippen molar-refractivity contribution in [3.05, 3.63) is 40.0 Å². The van der Waals surface area contributed by atoms with Crippen molar-refractivity contribution in [1.29, 1.82) is 0 Å². The molecule has 2 nitrogen and oxygen atoms in total. The molecule has 0 bridgehead atoms. The lowest BCUT2D eigenvalue weighted by Gasteiger charge is -2.35. The molecule has 0 radical (unpaired) electrons. The lowest BCUT2D eigenvalue weighted by Crippen LogP contribution is -2.34. The van der Waals surface area contributed by atoms with Crippen LogP contribution in [0.5, 0.6) is 0 Å². The van der Waals surface area contributed by atoms with Gasteiger partial charge in [-0.05, 0) is 54.5 Å². The van der Waals surface area contributed by atoms with Gasteiger partial charge in [0.25, 0.3) is 0 Å². The van der Waals surface area contributed by atoms with Gasteiger partial charge in [-0.1, -0.05) is 17.7 Å². The average Bonchev–Trinajstić information content (AvgIpc) is 2.37. The number of hydrogen-bond acceptors (Lipinski definition) is 1. The van der Waals surface area contributed by atoms with E-state index in [9.17, 15) is 4.79 Å².